The fourth-order valence-corrected chi connectivity index (χ4v) is 6.31. The Morgan fingerprint density at radius 2 is 2.15 bits per heavy atom. The molecule has 1 saturated heterocycles. The lowest BCUT2D eigenvalue weighted by Crippen LogP contribution is -2.77. The molecule has 0 aromatic heterocycles. The summed E-state index contributed by atoms with van der Waals surface area (Å²) in [7, 11) is 1.60. The lowest BCUT2D eigenvalue weighted by Gasteiger charge is -2.62. The predicted molar refractivity (Wildman–Crippen MR) is 94.8 cm³/mol. The van der Waals surface area contributed by atoms with Crippen molar-refractivity contribution < 1.29 is 24.2 Å². The van der Waals surface area contributed by atoms with Crippen LogP contribution in [0.25, 0.3) is 0 Å². The van der Waals surface area contributed by atoms with Crippen LogP contribution in [0.3, 0.4) is 0 Å². The van der Waals surface area contributed by atoms with Crippen molar-refractivity contribution in [3.05, 3.63) is 23.3 Å². The number of Topliss-reactive ketones (excluding diaryl/α,β-unsaturated/α-hetero) is 1. The van der Waals surface area contributed by atoms with Crippen LogP contribution in [0, 0.1) is 5.92 Å². The number of nitrogens with zero attached hydrogens (tertiary/aromatic N) is 1. The van der Waals surface area contributed by atoms with Crippen molar-refractivity contribution in [3.8, 4) is 11.5 Å². The fraction of sp³-hybridized carbons (Fsp3) is 0.619. The molecular weight excluding hydrogens is 346 g/mol. The van der Waals surface area contributed by atoms with Crippen LogP contribution in [-0.2, 0) is 21.4 Å². The highest BCUT2D eigenvalue weighted by atomic mass is 16.5. The zero-order valence-corrected chi connectivity index (χ0v) is 15.4. The minimum Gasteiger partial charge on any atom is -0.493 e. The molecule has 2 saturated carbocycles. The number of hydrogen-bond acceptors (Lipinski definition) is 5. The number of benzene rings is 1. The van der Waals surface area contributed by atoms with E-state index in [1.165, 1.54) is 0 Å². The minimum atomic E-state index is -1.13. The van der Waals surface area contributed by atoms with Crippen LogP contribution in [0.2, 0.25) is 0 Å². The second-order valence-corrected chi connectivity index (χ2v) is 8.77. The van der Waals surface area contributed by atoms with E-state index in [2.05, 4.69) is 0 Å². The van der Waals surface area contributed by atoms with E-state index in [0.717, 1.165) is 24.0 Å². The van der Waals surface area contributed by atoms with Gasteiger partial charge in [-0.05, 0) is 43.7 Å². The van der Waals surface area contributed by atoms with Gasteiger partial charge in [0.2, 0.25) is 5.91 Å². The molecular formula is C21H23NO5. The standard InChI is InChI=1S/C21H23NO5/c1-26-14-5-4-12-10-15-21(25)7-6-13(23)18-20(21,16(12)17(14)27-18)8-9-22(15)19(24)11-2-3-11/h4-5,11,15,18,25H,2-3,6-10H2,1H3/t15-,18+,20+,21-/m1/s1. The van der Waals surface area contributed by atoms with Gasteiger partial charge in [-0.1, -0.05) is 6.07 Å². The number of hydrogen-bond donors (Lipinski definition) is 1. The van der Waals surface area contributed by atoms with Crippen LogP contribution in [0.15, 0.2) is 12.1 Å². The zero-order chi connectivity index (χ0) is 18.6. The number of ether oxygens (including phenoxy) is 2. The van der Waals surface area contributed by atoms with Crippen molar-refractivity contribution in [2.75, 3.05) is 13.7 Å². The highest BCUT2D eigenvalue weighted by Gasteiger charge is 2.73. The third-order valence-corrected chi connectivity index (χ3v) is 7.67. The molecule has 3 aliphatic carbocycles. The number of aliphatic hydroxyl groups is 1. The van der Waals surface area contributed by atoms with Crippen LogP contribution in [0.1, 0.15) is 43.2 Å². The third-order valence-electron chi connectivity index (χ3n) is 7.67. The second-order valence-electron chi connectivity index (χ2n) is 8.77. The average molecular weight is 369 g/mol. The molecule has 0 unspecified atom stereocenters. The number of rotatable bonds is 2. The van der Waals surface area contributed by atoms with Crippen LogP contribution in [0.4, 0.5) is 0 Å². The van der Waals surface area contributed by atoms with Gasteiger partial charge in [-0.25, -0.2) is 0 Å². The Morgan fingerprint density at radius 3 is 2.89 bits per heavy atom. The lowest BCUT2D eigenvalue weighted by molar-refractivity contribution is -0.193. The Labute approximate surface area is 157 Å². The summed E-state index contributed by atoms with van der Waals surface area (Å²) in [5.41, 5.74) is 0.146. The predicted octanol–water partition coefficient (Wildman–Crippen LogP) is 1.36. The maximum atomic E-state index is 12.9. The van der Waals surface area contributed by atoms with E-state index in [1.807, 2.05) is 17.0 Å². The van der Waals surface area contributed by atoms with E-state index in [0.29, 0.717) is 37.3 Å². The summed E-state index contributed by atoms with van der Waals surface area (Å²) in [6, 6.07) is 3.60. The van der Waals surface area contributed by atoms with Gasteiger partial charge in [0.15, 0.2) is 23.4 Å². The molecule has 4 atom stereocenters. The molecule has 1 aromatic rings. The van der Waals surface area contributed by atoms with Gasteiger partial charge in [0.25, 0.3) is 0 Å². The first kappa shape index (κ1) is 15.9. The van der Waals surface area contributed by atoms with Crippen molar-refractivity contribution >= 4 is 11.7 Å². The molecule has 27 heavy (non-hydrogen) atoms. The second kappa shape index (κ2) is 4.85. The molecule has 2 aliphatic heterocycles. The lowest BCUT2D eigenvalue weighted by atomic mass is 9.49. The van der Waals surface area contributed by atoms with Crippen LogP contribution >= 0.6 is 0 Å². The quantitative estimate of drug-likeness (QED) is 0.852. The molecule has 6 nitrogen and oxygen atoms in total. The van der Waals surface area contributed by atoms with E-state index < -0.39 is 17.1 Å². The molecule has 0 radical (unpaired) electrons. The molecule has 3 fully saturated rings. The average Bonchev–Trinajstić information content (AvgIpc) is 3.44. The SMILES string of the molecule is COc1ccc2c3c1O[C@H]1C(=O)CC[C@@]4(O)[C@@H](C2)N(C(=O)C2CC2)CC[C@]314. The van der Waals surface area contributed by atoms with Gasteiger partial charge in [-0.3, -0.25) is 9.59 Å². The number of carbonyl (C=O) groups excluding carboxylic acids is 2. The first-order valence-electron chi connectivity index (χ1n) is 9.94. The minimum absolute atomic E-state index is 0.0477. The van der Waals surface area contributed by atoms with Gasteiger partial charge in [0.05, 0.1) is 24.2 Å². The van der Waals surface area contributed by atoms with Crippen molar-refractivity contribution in [2.45, 2.75) is 61.7 Å². The van der Waals surface area contributed by atoms with Crippen LogP contribution < -0.4 is 9.47 Å². The van der Waals surface area contributed by atoms with Gasteiger partial charge in [0, 0.05) is 24.4 Å². The number of likely N-dealkylation sites (tertiary alicyclic amines) is 1. The summed E-state index contributed by atoms with van der Waals surface area (Å²) in [4.78, 5) is 27.7. The number of methoxy groups -OCH3 is 1. The summed E-state index contributed by atoms with van der Waals surface area (Å²) in [5.74, 6) is 1.58. The van der Waals surface area contributed by atoms with Crippen molar-refractivity contribution in [1.29, 1.82) is 0 Å². The molecule has 6 heteroatoms. The van der Waals surface area contributed by atoms with Crippen molar-refractivity contribution in [2.24, 2.45) is 5.92 Å². The Balaban J connectivity index is 1.58. The normalized spacial score (nSPS) is 38.3. The smallest absolute Gasteiger partial charge is 0.226 e. The number of ketones is 1. The van der Waals surface area contributed by atoms with E-state index in [-0.39, 0.29) is 30.1 Å². The Hall–Kier alpha value is -2.08. The van der Waals surface area contributed by atoms with Gasteiger partial charge in [-0.15, -0.1) is 0 Å². The molecule has 1 spiro atoms. The number of carbonyl (C=O) groups is 2. The highest BCUT2D eigenvalue weighted by molar-refractivity contribution is 5.90. The Morgan fingerprint density at radius 1 is 1.33 bits per heavy atom. The topological polar surface area (TPSA) is 76.1 Å². The molecule has 2 heterocycles. The zero-order valence-electron chi connectivity index (χ0n) is 15.4. The number of amides is 1. The summed E-state index contributed by atoms with van der Waals surface area (Å²) in [6.45, 7) is 0.575. The molecule has 1 N–H and O–H groups in total. The van der Waals surface area contributed by atoms with Crippen molar-refractivity contribution in [3.63, 3.8) is 0 Å². The van der Waals surface area contributed by atoms with E-state index >= 15 is 0 Å². The van der Waals surface area contributed by atoms with Crippen molar-refractivity contribution in [1.82, 2.24) is 4.90 Å². The fourth-order valence-electron chi connectivity index (χ4n) is 6.31. The number of piperidine rings is 1. The Bertz CT molecular complexity index is 893. The summed E-state index contributed by atoms with van der Waals surface area (Å²) in [5, 5.41) is 12.0. The van der Waals surface area contributed by atoms with Crippen LogP contribution in [0.5, 0.6) is 11.5 Å². The summed E-state index contributed by atoms with van der Waals surface area (Å²) < 4.78 is 11.7. The first-order chi connectivity index (χ1) is 13.0. The first-order valence-corrected chi connectivity index (χ1v) is 9.94. The maximum absolute atomic E-state index is 12.9. The molecule has 1 aromatic carbocycles. The maximum Gasteiger partial charge on any atom is 0.226 e. The van der Waals surface area contributed by atoms with Crippen LogP contribution in [-0.4, -0.2) is 53.1 Å². The van der Waals surface area contributed by atoms with Gasteiger partial charge >= 0.3 is 0 Å². The summed E-state index contributed by atoms with van der Waals surface area (Å²) >= 11 is 0. The molecule has 6 rings (SSSR count). The summed E-state index contributed by atoms with van der Waals surface area (Å²) in [6.07, 6.45) is 3.07. The van der Waals surface area contributed by atoms with Gasteiger partial charge in [-0.2, -0.15) is 0 Å². The molecule has 5 aliphatic rings. The molecule has 142 valence electrons. The highest BCUT2D eigenvalue weighted by Crippen LogP contribution is 2.65. The van der Waals surface area contributed by atoms with E-state index in [4.69, 9.17) is 9.47 Å². The van der Waals surface area contributed by atoms with Gasteiger partial charge < -0.3 is 19.5 Å². The van der Waals surface area contributed by atoms with Gasteiger partial charge in [0.1, 0.15) is 0 Å². The molecule has 1 amide bonds. The third kappa shape index (κ3) is 1.67. The van der Waals surface area contributed by atoms with E-state index in [1.54, 1.807) is 7.11 Å². The monoisotopic (exact) mass is 369 g/mol. The van der Waals surface area contributed by atoms with E-state index in [9.17, 15) is 14.7 Å². The molecule has 2 bridgehead atoms. The Kier molecular flexibility index (Phi) is 2.86. The largest absolute Gasteiger partial charge is 0.493 e.